The zero-order valence-electron chi connectivity index (χ0n) is 20.4. The van der Waals surface area contributed by atoms with Crippen LogP contribution in [0.1, 0.15) is 23.6 Å². The molecule has 0 aliphatic rings. The summed E-state index contributed by atoms with van der Waals surface area (Å²) in [7, 11) is 1.63. The summed E-state index contributed by atoms with van der Waals surface area (Å²) >= 11 is 13.9. The number of ether oxygens (including phenoxy) is 1. The number of hydrogen-bond acceptors (Lipinski definition) is 4. The summed E-state index contributed by atoms with van der Waals surface area (Å²) in [4.78, 5) is 28.4. The van der Waals surface area contributed by atoms with Gasteiger partial charge >= 0.3 is 0 Å². The second-order valence-electron chi connectivity index (χ2n) is 8.21. The summed E-state index contributed by atoms with van der Waals surface area (Å²) in [6.45, 7) is 2.59. The Kier molecular flexibility index (Phi) is 11.0. The van der Waals surface area contributed by atoms with Gasteiger partial charge in [-0.05, 0) is 47.9 Å². The van der Waals surface area contributed by atoms with Gasteiger partial charge in [0, 0.05) is 25.3 Å². The van der Waals surface area contributed by atoms with Crippen molar-refractivity contribution in [3.05, 3.63) is 99.5 Å². The molecule has 2 amide bonds. The van der Waals surface area contributed by atoms with Gasteiger partial charge in [0.05, 0.1) is 22.9 Å². The first-order chi connectivity index (χ1) is 17.4. The Bertz CT molecular complexity index is 1140. The number of halogens is 2. The number of nitrogens with zero attached hydrogens (tertiary/aromatic N) is 1. The smallest absolute Gasteiger partial charge is 0.243 e. The second-order valence-corrected chi connectivity index (χ2v) is 10.0. The van der Waals surface area contributed by atoms with Crippen LogP contribution in [0.4, 0.5) is 0 Å². The lowest BCUT2D eigenvalue weighted by Crippen LogP contribution is -2.51. The molecule has 0 heterocycles. The Morgan fingerprint density at radius 2 is 1.64 bits per heavy atom. The Morgan fingerprint density at radius 1 is 0.944 bits per heavy atom. The van der Waals surface area contributed by atoms with E-state index in [-0.39, 0.29) is 24.1 Å². The molecule has 0 spiro atoms. The van der Waals surface area contributed by atoms with Crippen molar-refractivity contribution in [2.24, 2.45) is 0 Å². The Hall–Kier alpha value is -2.67. The fraction of sp³-hybridized carbons (Fsp3) is 0.286. The third-order valence-corrected chi connectivity index (χ3v) is 7.34. The summed E-state index contributed by atoms with van der Waals surface area (Å²) in [5.41, 5.74) is 2.88. The van der Waals surface area contributed by atoms with E-state index in [1.165, 1.54) is 11.8 Å². The largest absolute Gasteiger partial charge is 0.497 e. The molecule has 8 heteroatoms. The average Bonchev–Trinajstić information content (AvgIpc) is 2.89. The quantitative estimate of drug-likeness (QED) is 0.303. The lowest BCUT2D eigenvalue weighted by molar-refractivity contribution is -0.139. The number of carbonyl (C=O) groups excluding carboxylic acids is 2. The van der Waals surface area contributed by atoms with Crippen molar-refractivity contribution in [3.63, 3.8) is 0 Å². The first-order valence-corrected chi connectivity index (χ1v) is 13.6. The van der Waals surface area contributed by atoms with Crippen LogP contribution in [0.5, 0.6) is 5.75 Å². The molecule has 190 valence electrons. The van der Waals surface area contributed by atoms with Crippen LogP contribution in [0.25, 0.3) is 0 Å². The van der Waals surface area contributed by atoms with Crippen LogP contribution < -0.4 is 10.1 Å². The highest BCUT2D eigenvalue weighted by Gasteiger charge is 2.30. The number of carbonyl (C=O) groups is 2. The molecule has 0 aliphatic heterocycles. The molecule has 0 radical (unpaired) electrons. The molecule has 3 rings (SSSR count). The monoisotopic (exact) mass is 544 g/mol. The molecule has 3 aromatic carbocycles. The normalized spacial score (nSPS) is 11.6. The maximum Gasteiger partial charge on any atom is 0.243 e. The van der Waals surface area contributed by atoms with E-state index >= 15 is 0 Å². The summed E-state index contributed by atoms with van der Waals surface area (Å²) in [5.74, 6) is 1.39. The van der Waals surface area contributed by atoms with Crippen molar-refractivity contribution in [1.82, 2.24) is 10.2 Å². The minimum atomic E-state index is -0.670. The minimum Gasteiger partial charge on any atom is -0.497 e. The molecule has 0 saturated heterocycles. The second kappa shape index (κ2) is 14.2. The van der Waals surface area contributed by atoms with Crippen LogP contribution in [-0.2, 0) is 28.3 Å². The predicted octanol–water partition coefficient (Wildman–Crippen LogP) is 6.01. The van der Waals surface area contributed by atoms with Crippen LogP contribution in [-0.4, -0.2) is 42.2 Å². The van der Waals surface area contributed by atoms with Crippen molar-refractivity contribution in [2.45, 2.75) is 31.7 Å². The average molecular weight is 546 g/mol. The molecule has 0 bridgehead atoms. The Labute approximate surface area is 227 Å². The van der Waals surface area contributed by atoms with E-state index < -0.39 is 6.04 Å². The van der Waals surface area contributed by atoms with Gasteiger partial charge in [-0.25, -0.2) is 0 Å². The molecule has 3 aromatic rings. The lowest BCUT2D eigenvalue weighted by Gasteiger charge is -2.31. The minimum absolute atomic E-state index is 0.119. The van der Waals surface area contributed by atoms with Gasteiger partial charge in [0.2, 0.25) is 11.8 Å². The van der Waals surface area contributed by atoms with Crippen molar-refractivity contribution in [1.29, 1.82) is 0 Å². The number of hydrogen-bond donors (Lipinski definition) is 1. The van der Waals surface area contributed by atoms with Crippen molar-refractivity contribution >= 4 is 46.8 Å². The molecule has 1 N–H and O–H groups in total. The Morgan fingerprint density at radius 3 is 2.28 bits per heavy atom. The van der Waals surface area contributed by atoms with Gasteiger partial charge in [0.1, 0.15) is 11.8 Å². The van der Waals surface area contributed by atoms with E-state index in [0.29, 0.717) is 28.8 Å². The fourth-order valence-electron chi connectivity index (χ4n) is 3.74. The van der Waals surface area contributed by atoms with Gasteiger partial charge in [0.15, 0.2) is 0 Å². The van der Waals surface area contributed by atoms with Crippen LogP contribution in [0.15, 0.2) is 72.8 Å². The molecule has 0 fully saturated rings. The van der Waals surface area contributed by atoms with E-state index in [4.69, 9.17) is 27.9 Å². The lowest BCUT2D eigenvalue weighted by atomic mass is 10.0. The summed E-state index contributed by atoms with van der Waals surface area (Å²) in [6, 6.07) is 22.1. The summed E-state index contributed by atoms with van der Waals surface area (Å²) < 4.78 is 5.21. The highest BCUT2D eigenvalue weighted by Crippen LogP contribution is 2.25. The third kappa shape index (κ3) is 8.19. The van der Waals surface area contributed by atoms with E-state index in [1.807, 2.05) is 67.6 Å². The number of benzene rings is 3. The molecule has 1 atom stereocenters. The maximum atomic E-state index is 13.6. The van der Waals surface area contributed by atoms with Gasteiger partial charge in [-0.3, -0.25) is 9.59 Å². The molecule has 5 nitrogen and oxygen atoms in total. The van der Waals surface area contributed by atoms with Gasteiger partial charge in [-0.1, -0.05) is 71.7 Å². The third-order valence-electron chi connectivity index (χ3n) is 5.61. The zero-order valence-corrected chi connectivity index (χ0v) is 22.7. The van der Waals surface area contributed by atoms with Crippen LogP contribution in [0, 0.1) is 0 Å². The number of thioether (sulfide) groups is 1. The van der Waals surface area contributed by atoms with Crippen molar-refractivity contribution in [2.75, 3.05) is 19.4 Å². The van der Waals surface area contributed by atoms with Crippen molar-refractivity contribution < 1.29 is 14.3 Å². The number of amides is 2. The predicted molar refractivity (Wildman–Crippen MR) is 149 cm³/mol. The van der Waals surface area contributed by atoms with Crippen LogP contribution in [0.3, 0.4) is 0 Å². The molecular weight excluding hydrogens is 515 g/mol. The molecule has 1 unspecified atom stereocenters. The SMILES string of the molecule is CCNC(=O)C(Cc1ccccc1)N(Cc1ccc(Cl)c(Cl)c1)C(=O)CSCc1ccc(OC)cc1. The standard InChI is InChI=1S/C28H30Cl2N2O3S/c1-3-31-28(34)26(16-20-7-5-4-6-8-20)32(17-22-11-14-24(29)25(30)15-22)27(33)19-36-18-21-9-12-23(35-2)13-10-21/h4-15,26H,3,16-19H2,1-2H3,(H,31,34). The highest BCUT2D eigenvalue weighted by molar-refractivity contribution is 7.99. The topological polar surface area (TPSA) is 58.6 Å². The molecule has 0 aromatic heterocycles. The van der Waals surface area contributed by atoms with E-state index in [9.17, 15) is 9.59 Å². The van der Waals surface area contributed by atoms with Gasteiger partial charge in [-0.2, -0.15) is 0 Å². The maximum absolute atomic E-state index is 13.6. The first kappa shape index (κ1) is 27.9. The number of nitrogens with one attached hydrogen (secondary N) is 1. The van der Waals surface area contributed by atoms with Crippen LogP contribution >= 0.6 is 35.0 Å². The first-order valence-electron chi connectivity index (χ1n) is 11.7. The van der Waals surface area contributed by atoms with E-state index in [0.717, 1.165) is 22.4 Å². The summed E-state index contributed by atoms with van der Waals surface area (Å²) in [6.07, 6.45) is 0.406. The molecule has 0 aliphatic carbocycles. The van der Waals surface area contributed by atoms with E-state index in [2.05, 4.69) is 5.32 Å². The Balaban J connectivity index is 1.82. The number of methoxy groups -OCH3 is 1. The zero-order chi connectivity index (χ0) is 25.9. The van der Waals surface area contributed by atoms with Crippen LogP contribution in [0.2, 0.25) is 10.0 Å². The number of rotatable bonds is 12. The molecule has 36 heavy (non-hydrogen) atoms. The van der Waals surface area contributed by atoms with E-state index in [1.54, 1.807) is 24.1 Å². The highest BCUT2D eigenvalue weighted by atomic mass is 35.5. The van der Waals surface area contributed by atoms with Gasteiger partial charge in [-0.15, -0.1) is 11.8 Å². The van der Waals surface area contributed by atoms with Gasteiger partial charge in [0.25, 0.3) is 0 Å². The molecular formula is C28H30Cl2N2O3S. The molecule has 0 saturated carbocycles. The summed E-state index contributed by atoms with van der Waals surface area (Å²) in [5, 5.41) is 3.75. The van der Waals surface area contributed by atoms with Gasteiger partial charge < -0.3 is 15.0 Å². The fourth-order valence-corrected chi connectivity index (χ4v) is 4.93. The number of likely N-dealkylation sites (N-methyl/N-ethyl adjacent to an activating group) is 1. The van der Waals surface area contributed by atoms with Crippen molar-refractivity contribution in [3.8, 4) is 5.75 Å².